The molecular formula is C34H47N3O3. The number of ether oxygens (including phenoxy) is 3. The Kier molecular flexibility index (Phi) is 12.6. The van der Waals surface area contributed by atoms with Gasteiger partial charge in [0.1, 0.15) is 18.7 Å². The predicted octanol–water partition coefficient (Wildman–Crippen LogP) is 6.50. The van der Waals surface area contributed by atoms with E-state index in [2.05, 4.69) is 102 Å². The molecule has 3 atom stereocenters. The molecule has 3 aliphatic heterocycles. The second-order valence-electron chi connectivity index (χ2n) is 10.4. The molecule has 0 amide bonds. The molecule has 40 heavy (non-hydrogen) atoms. The van der Waals surface area contributed by atoms with Crippen LogP contribution in [0, 0.1) is 0 Å². The van der Waals surface area contributed by atoms with Crippen LogP contribution >= 0.6 is 0 Å². The highest BCUT2D eigenvalue weighted by molar-refractivity contribution is 5.19. The molecule has 6 rings (SSSR count). The van der Waals surface area contributed by atoms with E-state index in [0.717, 1.165) is 52.5 Å². The van der Waals surface area contributed by atoms with E-state index in [-0.39, 0.29) is 18.7 Å². The quantitative estimate of drug-likeness (QED) is 0.337. The first kappa shape index (κ1) is 30.4. The van der Waals surface area contributed by atoms with Crippen molar-refractivity contribution in [1.82, 2.24) is 14.7 Å². The van der Waals surface area contributed by atoms with Crippen molar-refractivity contribution in [2.75, 3.05) is 59.6 Å². The van der Waals surface area contributed by atoms with E-state index in [1.54, 1.807) is 0 Å². The van der Waals surface area contributed by atoms with E-state index in [1.807, 2.05) is 24.3 Å². The number of unbranched alkanes of at least 4 members (excludes halogenated alkanes) is 1. The first-order chi connectivity index (χ1) is 19.7. The Balaban J connectivity index is 0.000000140. The molecule has 3 heterocycles. The minimum Gasteiger partial charge on any atom is -0.358 e. The minimum absolute atomic E-state index is 0.172. The van der Waals surface area contributed by atoms with Gasteiger partial charge in [0.05, 0.1) is 19.8 Å². The van der Waals surface area contributed by atoms with Crippen LogP contribution in [0.1, 0.15) is 62.1 Å². The number of hydrogen-bond acceptors (Lipinski definition) is 6. The van der Waals surface area contributed by atoms with E-state index in [4.69, 9.17) is 14.2 Å². The summed E-state index contributed by atoms with van der Waals surface area (Å²) in [4.78, 5) is 6.99. The molecule has 0 bridgehead atoms. The maximum Gasteiger partial charge on any atom is 0.136 e. The fourth-order valence-electron chi connectivity index (χ4n) is 5.29. The van der Waals surface area contributed by atoms with Crippen LogP contribution < -0.4 is 0 Å². The molecular weight excluding hydrogens is 498 g/mol. The lowest BCUT2D eigenvalue weighted by atomic mass is 10.2. The highest BCUT2D eigenvalue weighted by Gasteiger charge is 2.26. The zero-order valence-electron chi connectivity index (χ0n) is 24.5. The van der Waals surface area contributed by atoms with Gasteiger partial charge in [-0.2, -0.15) is 0 Å². The van der Waals surface area contributed by atoms with Crippen molar-refractivity contribution < 1.29 is 14.2 Å². The molecule has 216 valence electrons. The monoisotopic (exact) mass is 545 g/mol. The maximum atomic E-state index is 5.77. The van der Waals surface area contributed by atoms with Crippen molar-refractivity contribution in [1.29, 1.82) is 0 Å². The van der Waals surface area contributed by atoms with Crippen LogP contribution in [0.25, 0.3) is 0 Å². The second kappa shape index (κ2) is 16.6. The van der Waals surface area contributed by atoms with Gasteiger partial charge in [0, 0.05) is 26.2 Å². The van der Waals surface area contributed by atoms with Gasteiger partial charge in [-0.15, -0.1) is 0 Å². The molecule has 0 spiro atoms. The van der Waals surface area contributed by atoms with Crippen molar-refractivity contribution in [3.8, 4) is 0 Å². The van der Waals surface area contributed by atoms with Gasteiger partial charge in [0.25, 0.3) is 0 Å². The summed E-state index contributed by atoms with van der Waals surface area (Å²) >= 11 is 0. The zero-order valence-corrected chi connectivity index (χ0v) is 24.5. The average molecular weight is 546 g/mol. The summed E-state index contributed by atoms with van der Waals surface area (Å²) in [5.41, 5.74) is 3.80. The van der Waals surface area contributed by atoms with Crippen molar-refractivity contribution >= 4 is 0 Å². The van der Waals surface area contributed by atoms with Crippen molar-refractivity contribution in [3.05, 3.63) is 108 Å². The topological polar surface area (TPSA) is 37.4 Å². The smallest absolute Gasteiger partial charge is 0.136 e. The first-order valence-electron chi connectivity index (χ1n) is 14.9. The van der Waals surface area contributed by atoms with Crippen molar-refractivity contribution in [3.63, 3.8) is 0 Å². The second-order valence-corrected chi connectivity index (χ2v) is 10.4. The van der Waals surface area contributed by atoms with Gasteiger partial charge < -0.3 is 14.2 Å². The summed E-state index contributed by atoms with van der Waals surface area (Å²) in [5.74, 6) is 0. The highest BCUT2D eigenvalue weighted by atomic mass is 16.5. The Labute approximate surface area is 241 Å². The Bertz CT molecular complexity index is 1070. The molecule has 3 saturated heterocycles. The summed E-state index contributed by atoms with van der Waals surface area (Å²) in [7, 11) is 2.09. The molecule has 0 aromatic heterocycles. The molecule has 3 aromatic carbocycles. The third-order valence-corrected chi connectivity index (χ3v) is 7.55. The lowest BCUT2D eigenvalue weighted by molar-refractivity contribution is 0.0321. The van der Waals surface area contributed by atoms with E-state index in [1.165, 1.54) is 29.5 Å². The Morgan fingerprint density at radius 3 is 1.45 bits per heavy atom. The fourth-order valence-corrected chi connectivity index (χ4v) is 5.29. The van der Waals surface area contributed by atoms with Crippen LogP contribution in [0.5, 0.6) is 0 Å². The van der Waals surface area contributed by atoms with Gasteiger partial charge in [-0.05, 0) is 36.7 Å². The number of rotatable bonds is 7. The lowest BCUT2D eigenvalue weighted by Gasteiger charge is -2.22. The first-order valence-corrected chi connectivity index (χ1v) is 14.9. The molecule has 3 unspecified atom stereocenters. The van der Waals surface area contributed by atoms with Crippen LogP contribution in [-0.4, -0.2) is 74.3 Å². The summed E-state index contributed by atoms with van der Waals surface area (Å²) in [6.07, 6.45) is 3.06. The van der Waals surface area contributed by atoms with E-state index >= 15 is 0 Å². The van der Waals surface area contributed by atoms with Crippen LogP contribution in [0.4, 0.5) is 0 Å². The normalized spacial score (nSPS) is 23.3. The predicted molar refractivity (Wildman–Crippen MR) is 162 cm³/mol. The third kappa shape index (κ3) is 8.71. The fraction of sp³-hybridized carbons (Fsp3) is 0.471. The number of nitrogens with zero attached hydrogens (tertiary/aromatic N) is 3. The Morgan fingerprint density at radius 2 is 1.00 bits per heavy atom. The maximum absolute atomic E-state index is 5.77. The molecule has 0 saturated carbocycles. The van der Waals surface area contributed by atoms with E-state index in [0.29, 0.717) is 0 Å². The molecule has 6 nitrogen and oxygen atoms in total. The molecule has 0 aliphatic carbocycles. The van der Waals surface area contributed by atoms with Gasteiger partial charge in [-0.1, -0.05) is 111 Å². The molecule has 3 fully saturated rings. The summed E-state index contributed by atoms with van der Waals surface area (Å²) in [5, 5.41) is 0. The van der Waals surface area contributed by atoms with Crippen LogP contribution in [0.3, 0.4) is 0 Å². The number of likely N-dealkylation sites (N-methyl/N-ethyl adjacent to an activating group) is 2. The van der Waals surface area contributed by atoms with E-state index in [9.17, 15) is 0 Å². The van der Waals surface area contributed by atoms with Crippen molar-refractivity contribution in [2.45, 2.75) is 45.4 Å². The van der Waals surface area contributed by atoms with Gasteiger partial charge >= 0.3 is 0 Å². The number of hydrogen-bond donors (Lipinski definition) is 0. The molecule has 0 N–H and O–H groups in total. The SMILES string of the molecule is CCCCN1CCOC1c1ccccc1.CCN1CCOC1c1ccccc1.CN1CCOC1c1ccccc1. The summed E-state index contributed by atoms with van der Waals surface area (Å²) in [6.45, 7) is 12.3. The standard InChI is InChI=1S/C13H19NO.C11H15NO.C10H13NO/c1-2-3-9-14-10-11-15-13(14)12-7-5-4-6-8-12;1-2-12-8-9-13-11(12)10-6-4-3-5-7-10;1-11-7-8-12-10(11)9-5-3-2-4-6-9/h4-8,13H,2-3,9-11H2,1H3;3-7,11H,2,8-9H2,1H3;2-6,10H,7-8H2,1H3. The third-order valence-electron chi connectivity index (χ3n) is 7.55. The van der Waals surface area contributed by atoms with Crippen LogP contribution in [-0.2, 0) is 14.2 Å². The molecule has 3 aromatic rings. The Morgan fingerprint density at radius 1 is 0.575 bits per heavy atom. The zero-order chi connectivity index (χ0) is 28.0. The van der Waals surface area contributed by atoms with Gasteiger partial charge in [-0.25, -0.2) is 0 Å². The number of benzene rings is 3. The highest BCUT2D eigenvalue weighted by Crippen LogP contribution is 2.27. The lowest BCUT2D eigenvalue weighted by Crippen LogP contribution is -2.24. The minimum atomic E-state index is 0.172. The Hall–Kier alpha value is -2.58. The molecule has 3 aliphatic rings. The largest absolute Gasteiger partial charge is 0.358 e. The van der Waals surface area contributed by atoms with Crippen LogP contribution in [0.15, 0.2) is 91.0 Å². The summed E-state index contributed by atoms with van der Waals surface area (Å²) < 4.78 is 17.0. The summed E-state index contributed by atoms with van der Waals surface area (Å²) in [6, 6.07) is 31.2. The van der Waals surface area contributed by atoms with Gasteiger partial charge in [0.15, 0.2) is 0 Å². The van der Waals surface area contributed by atoms with E-state index < -0.39 is 0 Å². The molecule has 0 radical (unpaired) electrons. The average Bonchev–Trinajstić information content (AvgIpc) is 3.79. The van der Waals surface area contributed by atoms with Crippen molar-refractivity contribution in [2.24, 2.45) is 0 Å². The molecule has 6 heteroatoms. The van der Waals surface area contributed by atoms with Gasteiger partial charge in [0.2, 0.25) is 0 Å². The van der Waals surface area contributed by atoms with Crippen LogP contribution in [0.2, 0.25) is 0 Å². The van der Waals surface area contributed by atoms with Gasteiger partial charge in [-0.3, -0.25) is 14.7 Å².